The minimum absolute atomic E-state index is 0.0309. The van der Waals surface area contributed by atoms with E-state index in [2.05, 4.69) is 10.3 Å². The standard InChI is InChI=1S/C19H20ClFN2O2/c1-25-16-6-12(10-22-11-16)2-5-19(24)23-15-7-14(8-15)13-3-4-18(21)17(20)9-13/h3-4,6,9-11,14-15H,2,5,7-8H2,1H3,(H,23,24). The number of carbonyl (C=O) groups is 1. The number of ether oxygens (including phenoxy) is 1. The molecule has 3 rings (SSSR count). The van der Waals surface area contributed by atoms with E-state index in [1.54, 1.807) is 31.6 Å². The summed E-state index contributed by atoms with van der Waals surface area (Å²) in [5.74, 6) is 0.647. The summed E-state index contributed by atoms with van der Waals surface area (Å²) in [7, 11) is 1.59. The zero-order valence-corrected chi connectivity index (χ0v) is 14.7. The van der Waals surface area contributed by atoms with Crippen LogP contribution < -0.4 is 10.1 Å². The van der Waals surface area contributed by atoms with Gasteiger partial charge in [0, 0.05) is 18.7 Å². The van der Waals surface area contributed by atoms with Gasteiger partial charge in [0.05, 0.1) is 18.3 Å². The third kappa shape index (κ3) is 4.48. The lowest BCUT2D eigenvalue weighted by atomic mass is 9.76. The summed E-state index contributed by atoms with van der Waals surface area (Å²) in [6, 6.07) is 6.89. The van der Waals surface area contributed by atoms with Crippen molar-refractivity contribution < 1.29 is 13.9 Å². The van der Waals surface area contributed by atoms with Crippen molar-refractivity contribution in [3.63, 3.8) is 0 Å². The van der Waals surface area contributed by atoms with Crippen LogP contribution in [-0.2, 0) is 11.2 Å². The molecule has 2 aromatic rings. The lowest BCUT2D eigenvalue weighted by Crippen LogP contribution is -2.43. The molecule has 1 aliphatic carbocycles. The predicted octanol–water partition coefficient (Wildman–Crippen LogP) is 3.88. The largest absolute Gasteiger partial charge is 0.495 e. The van der Waals surface area contributed by atoms with Crippen molar-refractivity contribution in [2.75, 3.05) is 7.11 Å². The van der Waals surface area contributed by atoms with Crippen molar-refractivity contribution in [3.05, 3.63) is 58.6 Å². The van der Waals surface area contributed by atoms with Crippen LogP contribution in [0.4, 0.5) is 4.39 Å². The first-order chi connectivity index (χ1) is 12.0. The molecule has 0 bridgehead atoms. The van der Waals surface area contributed by atoms with E-state index in [1.807, 2.05) is 6.07 Å². The van der Waals surface area contributed by atoms with Gasteiger partial charge in [0.2, 0.25) is 5.91 Å². The number of hydrogen-bond donors (Lipinski definition) is 1. The van der Waals surface area contributed by atoms with Crippen molar-refractivity contribution in [1.82, 2.24) is 10.3 Å². The number of rotatable bonds is 6. The fourth-order valence-corrected chi connectivity index (χ4v) is 3.23. The van der Waals surface area contributed by atoms with Crippen LogP contribution in [0.25, 0.3) is 0 Å². The van der Waals surface area contributed by atoms with Crippen LogP contribution >= 0.6 is 11.6 Å². The molecule has 25 heavy (non-hydrogen) atoms. The van der Waals surface area contributed by atoms with E-state index < -0.39 is 5.82 Å². The first kappa shape index (κ1) is 17.7. The van der Waals surface area contributed by atoms with Crippen molar-refractivity contribution in [3.8, 4) is 5.75 Å². The number of hydrogen-bond acceptors (Lipinski definition) is 3. The van der Waals surface area contributed by atoms with Crippen LogP contribution in [0, 0.1) is 5.82 Å². The average molecular weight is 363 g/mol. The number of aryl methyl sites for hydroxylation is 1. The molecule has 0 unspecified atom stereocenters. The maximum absolute atomic E-state index is 13.2. The van der Waals surface area contributed by atoms with Gasteiger partial charge in [-0.3, -0.25) is 9.78 Å². The first-order valence-corrected chi connectivity index (χ1v) is 8.65. The van der Waals surface area contributed by atoms with Crippen molar-refractivity contribution in [1.29, 1.82) is 0 Å². The summed E-state index contributed by atoms with van der Waals surface area (Å²) < 4.78 is 18.3. The molecule has 1 aromatic heterocycles. The number of methoxy groups -OCH3 is 1. The number of aromatic nitrogens is 1. The van der Waals surface area contributed by atoms with Gasteiger partial charge in [-0.15, -0.1) is 0 Å². The van der Waals surface area contributed by atoms with Gasteiger partial charge in [0.25, 0.3) is 0 Å². The van der Waals surface area contributed by atoms with Gasteiger partial charge in [0.1, 0.15) is 11.6 Å². The highest BCUT2D eigenvalue weighted by Crippen LogP contribution is 2.38. The molecule has 0 spiro atoms. The molecule has 1 heterocycles. The monoisotopic (exact) mass is 362 g/mol. The van der Waals surface area contributed by atoms with Crippen LogP contribution in [0.3, 0.4) is 0 Å². The second-order valence-corrected chi connectivity index (χ2v) is 6.75. The Morgan fingerprint density at radius 3 is 2.88 bits per heavy atom. The minimum atomic E-state index is -0.401. The zero-order chi connectivity index (χ0) is 17.8. The fraction of sp³-hybridized carbons (Fsp3) is 0.368. The molecule has 0 radical (unpaired) electrons. The molecule has 132 valence electrons. The maximum Gasteiger partial charge on any atom is 0.220 e. The first-order valence-electron chi connectivity index (χ1n) is 8.27. The third-order valence-electron chi connectivity index (χ3n) is 4.56. The average Bonchev–Trinajstić information content (AvgIpc) is 2.58. The van der Waals surface area contributed by atoms with Gasteiger partial charge in [-0.2, -0.15) is 0 Å². The lowest BCUT2D eigenvalue weighted by Gasteiger charge is -2.36. The number of amides is 1. The maximum atomic E-state index is 13.2. The number of carbonyl (C=O) groups excluding carboxylic acids is 1. The lowest BCUT2D eigenvalue weighted by molar-refractivity contribution is -0.122. The summed E-state index contributed by atoms with van der Waals surface area (Å²) in [4.78, 5) is 16.2. The summed E-state index contributed by atoms with van der Waals surface area (Å²) in [5, 5.41) is 3.19. The van der Waals surface area contributed by atoms with Gasteiger partial charge in [0.15, 0.2) is 0 Å². The van der Waals surface area contributed by atoms with Crippen LogP contribution in [0.2, 0.25) is 5.02 Å². The van der Waals surface area contributed by atoms with E-state index in [1.165, 1.54) is 6.07 Å². The number of pyridine rings is 1. The summed E-state index contributed by atoms with van der Waals surface area (Å²) in [6.07, 6.45) is 6.13. The van der Waals surface area contributed by atoms with Gasteiger partial charge in [-0.25, -0.2) is 4.39 Å². The van der Waals surface area contributed by atoms with Gasteiger partial charge < -0.3 is 10.1 Å². The van der Waals surface area contributed by atoms with Crippen LogP contribution in [0.1, 0.15) is 36.3 Å². The van der Waals surface area contributed by atoms with Crippen molar-refractivity contribution >= 4 is 17.5 Å². The van der Waals surface area contributed by atoms with Crippen LogP contribution in [0.5, 0.6) is 5.75 Å². The Morgan fingerprint density at radius 2 is 2.16 bits per heavy atom. The molecule has 0 atom stereocenters. The highest BCUT2D eigenvalue weighted by Gasteiger charge is 2.31. The van der Waals surface area contributed by atoms with Crippen molar-refractivity contribution in [2.24, 2.45) is 0 Å². The third-order valence-corrected chi connectivity index (χ3v) is 4.85. The molecule has 1 aliphatic rings. The molecule has 0 aliphatic heterocycles. The second kappa shape index (κ2) is 7.83. The van der Waals surface area contributed by atoms with Gasteiger partial charge >= 0.3 is 0 Å². The number of halogens is 2. The Kier molecular flexibility index (Phi) is 5.53. The molecule has 0 saturated heterocycles. The summed E-state index contributed by atoms with van der Waals surface area (Å²) in [5.41, 5.74) is 2.00. The van der Waals surface area contributed by atoms with Crippen LogP contribution in [0.15, 0.2) is 36.7 Å². The van der Waals surface area contributed by atoms with E-state index in [4.69, 9.17) is 16.3 Å². The number of nitrogens with one attached hydrogen (secondary N) is 1. The molecule has 1 saturated carbocycles. The van der Waals surface area contributed by atoms with E-state index in [0.29, 0.717) is 24.5 Å². The Balaban J connectivity index is 1.43. The van der Waals surface area contributed by atoms with Gasteiger partial charge in [-0.1, -0.05) is 17.7 Å². The highest BCUT2D eigenvalue weighted by atomic mass is 35.5. The van der Waals surface area contributed by atoms with Gasteiger partial charge in [-0.05, 0) is 54.5 Å². The number of nitrogens with zero attached hydrogens (tertiary/aromatic N) is 1. The zero-order valence-electron chi connectivity index (χ0n) is 14.0. The smallest absolute Gasteiger partial charge is 0.220 e. The summed E-state index contributed by atoms with van der Waals surface area (Å²) in [6.45, 7) is 0. The molecule has 6 heteroatoms. The molecule has 1 N–H and O–H groups in total. The molecule has 1 amide bonds. The molecular formula is C19H20ClFN2O2. The number of benzene rings is 1. The summed E-state index contributed by atoms with van der Waals surface area (Å²) >= 11 is 5.82. The predicted molar refractivity (Wildman–Crippen MR) is 94.4 cm³/mol. The Labute approximate surface area is 151 Å². The van der Waals surface area contributed by atoms with Crippen LogP contribution in [-0.4, -0.2) is 24.0 Å². The SMILES string of the molecule is COc1cncc(CCC(=O)NC2CC(c3ccc(F)c(Cl)c3)C2)c1. The molecule has 4 nitrogen and oxygen atoms in total. The highest BCUT2D eigenvalue weighted by molar-refractivity contribution is 6.30. The van der Waals surface area contributed by atoms with E-state index in [9.17, 15) is 9.18 Å². The van der Waals surface area contributed by atoms with Crippen molar-refractivity contribution in [2.45, 2.75) is 37.6 Å². The quantitative estimate of drug-likeness (QED) is 0.848. The topological polar surface area (TPSA) is 51.2 Å². The Hall–Kier alpha value is -2.14. The minimum Gasteiger partial charge on any atom is -0.495 e. The molecular weight excluding hydrogens is 343 g/mol. The fourth-order valence-electron chi connectivity index (χ4n) is 3.04. The Morgan fingerprint density at radius 1 is 1.36 bits per heavy atom. The van der Waals surface area contributed by atoms with E-state index in [-0.39, 0.29) is 17.0 Å². The normalized spacial score (nSPS) is 19.2. The molecule has 1 aromatic carbocycles. The Bertz CT molecular complexity index is 763. The van der Waals surface area contributed by atoms with E-state index >= 15 is 0 Å². The second-order valence-electron chi connectivity index (χ2n) is 6.34. The molecule has 1 fully saturated rings. The van der Waals surface area contributed by atoms with E-state index in [0.717, 1.165) is 24.0 Å².